The smallest absolute Gasteiger partial charge is 0.234 e. The molecule has 2 aromatic heterocycles. The third-order valence-electron chi connectivity index (χ3n) is 4.96. The second kappa shape index (κ2) is 8.68. The number of aromatic nitrogens is 4. The van der Waals surface area contributed by atoms with E-state index in [2.05, 4.69) is 15.5 Å². The summed E-state index contributed by atoms with van der Waals surface area (Å²) >= 11 is 1.31. The van der Waals surface area contributed by atoms with Gasteiger partial charge in [0.15, 0.2) is 10.8 Å². The number of rotatable bonds is 6. The van der Waals surface area contributed by atoms with Gasteiger partial charge in [-0.05, 0) is 24.3 Å². The Morgan fingerprint density at radius 2 is 1.72 bits per heavy atom. The Bertz CT molecular complexity index is 1420. The number of hydrogen-bond acceptors (Lipinski definition) is 6. The number of methoxy groups -OCH3 is 1. The van der Waals surface area contributed by atoms with Crippen molar-refractivity contribution in [2.45, 2.75) is 5.16 Å². The zero-order valence-corrected chi connectivity index (χ0v) is 18.0. The summed E-state index contributed by atoms with van der Waals surface area (Å²) in [5.74, 6) is 1.35. The monoisotopic (exact) mass is 441 g/mol. The highest BCUT2D eigenvalue weighted by Gasteiger charge is 2.18. The summed E-state index contributed by atoms with van der Waals surface area (Å²) in [4.78, 5) is 17.5. The Balaban J connectivity index is 1.49. The average Bonchev–Trinajstić information content (AvgIpc) is 3.27. The van der Waals surface area contributed by atoms with Crippen LogP contribution < -0.4 is 10.1 Å². The van der Waals surface area contributed by atoms with Crippen molar-refractivity contribution in [1.29, 1.82) is 0 Å². The largest absolute Gasteiger partial charge is 0.495 e. The number of benzene rings is 3. The SMILES string of the molecule is COc1ccccc1NC(=O)CSc1nnc2c3ccccc3nc(-c3ccccc3)n12. The lowest BCUT2D eigenvalue weighted by Gasteiger charge is -2.10. The number of nitrogens with one attached hydrogen (secondary N) is 1. The number of hydrogen-bond donors (Lipinski definition) is 1. The highest BCUT2D eigenvalue weighted by Crippen LogP contribution is 2.29. The summed E-state index contributed by atoms with van der Waals surface area (Å²) in [5, 5.41) is 13.2. The van der Waals surface area contributed by atoms with Crippen LogP contribution in [0.15, 0.2) is 84.0 Å². The van der Waals surface area contributed by atoms with Gasteiger partial charge < -0.3 is 10.1 Å². The molecular formula is C24H19N5O2S. The molecule has 8 heteroatoms. The number of ether oxygens (including phenoxy) is 1. The van der Waals surface area contributed by atoms with Gasteiger partial charge in [0.05, 0.1) is 24.1 Å². The maximum atomic E-state index is 12.6. The minimum atomic E-state index is -0.161. The Kier molecular flexibility index (Phi) is 5.43. The molecule has 3 aromatic carbocycles. The molecule has 0 unspecified atom stereocenters. The van der Waals surface area contributed by atoms with Crippen LogP contribution in [0, 0.1) is 0 Å². The van der Waals surface area contributed by atoms with Crippen molar-refractivity contribution < 1.29 is 9.53 Å². The summed E-state index contributed by atoms with van der Waals surface area (Å²) in [6, 6.07) is 25.1. The molecule has 5 aromatic rings. The molecule has 32 heavy (non-hydrogen) atoms. The number of carbonyl (C=O) groups excluding carboxylic acids is 1. The zero-order valence-electron chi connectivity index (χ0n) is 17.2. The fourth-order valence-corrected chi connectivity index (χ4v) is 4.23. The highest BCUT2D eigenvalue weighted by atomic mass is 32.2. The van der Waals surface area contributed by atoms with E-state index in [1.807, 2.05) is 71.1 Å². The summed E-state index contributed by atoms with van der Waals surface area (Å²) in [7, 11) is 1.57. The van der Waals surface area contributed by atoms with Crippen molar-refractivity contribution in [3.8, 4) is 17.1 Å². The van der Waals surface area contributed by atoms with E-state index in [1.165, 1.54) is 11.8 Å². The number of amides is 1. The molecule has 0 aliphatic rings. The van der Waals surface area contributed by atoms with E-state index in [9.17, 15) is 4.79 Å². The molecule has 0 saturated heterocycles. The van der Waals surface area contributed by atoms with Crippen LogP contribution in [-0.2, 0) is 4.79 Å². The molecule has 0 aliphatic heterocycles. The van der Waals surface area contributed by atoms with E-state index in [-0.39, 0.29) is 11.7 Å². The average molecular weight is 442 g/mol. The van der Waals surface area contributed by atoms with E-state index < -0.39 is 0 Å². The van der Waals surface area contributed by atoms with E-state index in [1.54, 1.807) is 19.2 Å². The lowest BCUT2D eigenvalue weighted by molar-refractivity contribution is -0.113. The first-order valence-corrected chi connectivity index (χ1v) is 11.0. The third kappa shape index (κ3) is 3.76. The van der Waals surface area contributed by atoms with Gasteiger partial charge in [0.25, 0.3) is 0 Å². The van der Waals surface area contributed by atoms with Crippen LogP contribution in [0.4, 0.5) is 5.69 Å². The van der Waals surface area contributed by atoms with Crippen LogP contribution in [0.1, 0.15) is 0 Å². The maximum Gasteiger partial charge on any atom is 0.234 e. The van der Waals surface area contributed by atoms with Crippen LogP contribution in [0.25, 0.3) is 27.9 Å². The van der Waals surface area contributed by atoms with E-state index in [0.717, 1.165) is 22.3 Å². The predicted molar refractivity (Wildman–Crippen MR) is 126 cm³/mol. The fraction of sp³-hybridized carbons (Fsp3) is 0.0833. The molecule has 0 radical (unpaired) electrons. The van der Waals surface area contributed by atoms with Gasteiger partial charge >= 0.3 is 0 Å². The number of thioether (sulfide) groups is 1. The first-order chi connectivity index (χ1) is 15.7. The standard InChI is InChI=1S/C24H19N5O2S/c1-31-20-14-8-7-13-19(20)25-21(30)15-32-24-28-27-23-17-11-5-6-12-18(17)26-22(29(23)24)16-9-3-2-4-10-16/h2-14H,15H2,1H3,(H,25,30). The lowest BCUT2D eigenvalue weighted by Crippen LogP contribution is -2.15. The fourth-order valence-electron chi connectivity index (χ4n) is 3.50. The second-order valence-electron chi connectivity index (χ2n) is 7.00. The zero-order chi connectivity index (χ0) is 21.9. The minimum absolute atomic E-state index is 0.161. The summed E-state index contributed by atoms with van der Waals surface area (Å²) < 4.78 is 7.22. The Morgan fingerprint density at radius 3 is 2.56 bits per heavy atom. The van der Waals surface area contributed by atoms with Gasteiger partial charge in [0.1, 0.15) is 11.6 Å². The molecule has 0 spiro atoms. The normalized spacial score (nSPS) is 11.0. The number of nitrogens with zero attached hydrogens (tertiary/aromatic N) is 4. The van der Waals surface area contributed by atoms with Crippen molar-refractivity contribution in [1.82, 2.24) is 19.6 Å². The van der Waals surface area contributed by atoms with Crippen LogP contribution in [-0.4, -0.2) is 38.4 Å². The molecule has 2 heterocycles. The van der Waals surface area contributed by atoms with Crippen LogP contribution in [0.3, 0.4) is 0 Å². The van der Waals surface area contributed by atoms with Crippen molar-refractivity contribution >= 4 is 39.9 Å². The second-order valence-corrected chi connectivity index (χ2v) is 7.94. The molecule has 0 fully saturated rings. The molecule has 7 nitrogen and oxygen atoms in total. The molecule has 0 aliphatic carbocycles. The van der Waals surface area contributed by atoms with Gasteiger partial charge in [0, 0.05) is 10.9 Å². The van der Waals surface area contributed by atoms with Gasteiger partial charge in [0.2, 0.25) is 5.91 Å². The summed E-state index contributed by atoms with van der Waals surface area (Å²) in [6.45, 7) is 0. The van der Waals surface area contributed by atoms with Crippen molar-refractivity contribution in [2.24, 2.45) is 0 Å². The van der Waals surface area contributed by atoms with Crippen LogP contribution >= 0.6 is 11.8 Å². The predicted octanol–water partition coefficient (Wildman–Crippen LogP) is 4.68. The molecule has 0 saturated carbocycles. The lowest BCUT2D eigenvalue weighted by atomic mass is 10.2. The first-order valence-electron chi connectivity index (χ1n) is 9.99. The molecule has 1 N–H and O–H groups in total. The van der Waals surface area contributed by atoms with E-state index >= 15 is 0 Å². The third-order valence-corrected chi connectivity index (χ3v) is 5.89. The van der Waals surface area contributed by atoms with Gasteiger partial charge in [-0.1, -0.05) is 66.4 Å². The van der Waals surface area contributed by atoms with Crippen molar-refractivity contribution in [2.75, 3.05) is 18.2 Å². The maximum absolute atomic E-state index is 12.6. The van der Waals surface area contributed by atoms with Crippen molar-refractivity contribution in [3.63, 3.8) is 0 Å². The van der Waals surface area contributed by atoms with E-state index in [0.29, 0.717) is 22.2 Å². The summed E-state index contributed by atoms with van der Waals surface area (Å²) in [6.07, 6.45) is 0. The van der Waals surface area contributed by atoms with Gasteiger partial charge in [-0.15, -0.1) is 10.2 Å². The molecule has 1 amide bonds. The highest BCUT2D eigenvalue weighted by molar-refractivity contribution is 7.99. The molecule has 158 valence electrons. The number of para-hydroxylation sites is 3. The number of carbonyl (C=O) groups is 1. The number of fused-ring (bicyclic) bond motifs is 3. The van der Waals surface area contributed by atoms with Crippen LogP contribution in [0.2, 0.25) is 0 Å². The van der Waals surface area contributed by atoms with E-state index in [4.69, 9.17) is 9.72 Å². The van der Waals surface area contributed by atoms with Crippen molar-refractivity contribution in [3.05, 3.63) is 78.9 Å². The van der Waals surface area contributed by atoms with Gasteiger partial charge in [-0.25, -0.2) is 4.98 Å². The Morgan fingerprint density at radius 1 is 0.969 bits per heavy atom. The molecule has 0 atom stereocenters. The van der Waals surface area contributed by atoms with Gasteiger partial charge in [-0.3, -0.25) is 9.20 Å². The topological polar surface area (TPSA) is 81.4 Å². The first kappa shape index (κ1) is 20.0. The minimum Gasteiger partial charge on any atom is -0.495 e. The molecular weight excluding hydrogens is 422 g/mol. The molecule has 5 rings (SSSR count). The summed E-state index contributed by atoms with van der Waals surface area (Å²) in [5.41, 5.74) is 3.13. The van der Waals surface area contributed by atoms with Crippen LogP contribution in [0.5, 0.6) is 5.75 Å². The number of anilines is 1. The molecule has 0 bridgehead atoms. The van der Waals surface area contributed by atoms with Gasteiger partial charge in [-0.2, -0.15) is 0 Å². The Hall–Kier alpha value is -3.91. The quantitative estimate of drug-likeness (QED) is 0.385. The Labute approximate surface area is 188 Å².